The van der Waals surface area contributed by atoms with Crippen molar-refractivity contribution in [2.75, 3.05) is 12.4 Å². The largest absolute Gasteiger partial charge is 0.495 e. The second-order valence-electron chi connectivity index (χ2n) is 4.89. The molecule has 0 atom stereocenters. The van der Waals surface area contributed by atoms with Crippen molar-refractivity contribution < 1.29 is 17.9 Å². The van der Waals surface area contributed by atoms with Crippen molar-refractivity contribution in [2.24, 2.45) is 5.14 Å². The third-order valence-electron chi connectivity index (χ3n) is 3.16. The Kier molecular flexibility index (Phi) is 5.75. The molecule has 0 bridgehead atoms. The summed E-state index contributed by atoms with van der Waals surface area (Å²) in [5.74, 6) is -0.0321. The summed E-state index contributed by atoms with van der Waals surface area (Å²) in [4.78, 5) is 13.0. The van der Waals surface area contributed by atoms with Gasteiger partial charge in [-0.05, 0) is 42.5 Å². The first-order valence-corrected chi connectivity index (χ1v) is 9.36. The van der Waals surface area contributed by atoms with Gasteiger partial charge < -0.3 is 10.1 Å². The Balaban J connectivity index is 1.98. The van der Waals surface area contributed by atoms with Crippen LogP contribution in [0.1, 0.15) is 17.7 Å². The summed E-state index contributed by atoms with van der Waals surface area (Å²) >= 11 is 1.66. The van der Waals surface area contributed by atoms with Crippen molar-refractivity contribution in [1.29, 1.82) is 0 Å². The van der Waals surface area contributed by atoms with Gasteiger partial charge >= 0.3 is 0 Å². The fourth-order valence-electron chi connectivity index (χ4n) is 2.08. The highest BCUT2D eigenvalue weighted by Gasteiger charge is 2.16. The number of hydrogen-bond donors (Lipinski definition) is 2. The summed E-state index contributed by atoms with van der Waals surface area (Å²) in [7, 11) is -2.57. The topological polar surface area (TPSA) is 98.5 Å². The van der Waals surface area contributed by atoms with E-state index in [-0.39, 0.29) is 16.6 Å². The number of benzene rings is 1. The number of hydrogen-bond acceptors (Lipinski definition) is 5. The maximum Gasteiger partial charge on any atom is 0.241 e. The predicted molar refractivity (Wildman–Crippen MR) is 90.3 cm³/mol. The summed E-state index contributed by atoms with van der Waals surface area (Å²) in [5.41, 5.74) is 0.371. The lowest BCUT2D eigenvalue weighted by atomic mass is 10.2. The molecule has 0 aliphatic rings. The van der Waals surface area contributed by atoms with Gasteiger partial charge in [0.2, 0.25) is 15.9 Å². The number of nitrogens with one attached hydrogen (secondary N) is 1. The van der Waals surface area contributed by atoms with Crippen LogP contribution in [0.2, 0.25) is 0 Å². The van der Waals surface area contributed by atoms with Crippen LogP contribution in [0.5, 0.6) is 5.75 Å². The molecule has 3 N–H and O–H groups in total. The zero-order valence-corrected chi connectivity index (χ0v) is 14.2. The minimum Gasteiger partial charge on any atom is -0.495 e. The molecule has 1 aromatic carbocycles. The Morgan fingerprint density at radius 2 is 2.13 bits per heavy atom. The first-order valence-electron chi connectivity index (χ1n) is 6.93. The molecule has 0 aliphatic heterocycles. The number of thiophene rings is 1. The van der Waals surface area contributed by atoms with Crippen molar-refractivity contribution in [2.45, 2.75) is 24.2 Å². The number of ether oxygens (including phenoxy) is 1. The summed E-state index contributed by atoms with van der Waals surface area (Å²) in [6.07, 6.45) is 1.93. The summed E-state index contributed by atoms with van der Waals surface area (Å²) in [6.45, 7) is 0. The molecule has 1 aromatic heterocycles. The molecule has 0 radical (unpaired) electrons. The van der Waals surface area contributed by atoms with Gasteiger partial charge in [-0.1, -0.05) is 6.07 Å². The zero-order valence-electron chi connectivity index (χ0n) is 12.6. The molecule has 1 amide bonds. The smallest absolute Gasteiger partial charge is 0.241 e. The maximum atomic E-state index is 11.9. The Hall–Kier alpha value is -1.90. The number of methoxy groups -OCH3 is 1. The molecule has 6 nitrogen and oxygen atoms in total. The minimum absolute atomic E-state index is 0.142. The Morgan fingerprint density at radius 3 is 2.74 bits per heavy atom. The molecule has 23 heavy (non-hydrogen) atoms. The van der Waals surface area contributed by atoms with Gasteiger partial charge in [-0.2, -0.15) is 0 Å². The monoisotopic (exact) mass is 354 g/mol. The number of rotatable bonds is 7. The van der Waals surface area contributed by atoms with E-state index in [1.54, 1.807) is 17.4 Å². The van der Waals surface area contributed by atoms with Gasteiger partial charge in [0.1, 0.15) is 10.6 Å². The van der Waals surface area contributed by atoms with Crippen LogP contribution in [-0.2, 0) is 21.2 Å². The molecule has 0 fully saturated rings. The van der Waals surface area contributed by atoms with Crippen LogP contribution in [0.4, 0.5) is 5.69 Å². The lowest BCUT2D eigenvalue weighted by Gasteiger charge is -2.10. The van der Waals surface area contributed by atoms with Gasteiger partial charge in [-0.3, -0.25) is 4.79 Å². The molecule has 1 heterocycles. The van der Waals surface area contributed by atoms with Crippen LogP contribution in [0.15, 0.2) is 40.6 Å². The van der Waals surface area contributed by atoms with Crippen molar-refractivity contribution in [3.8, 4) is 5.75 Å². The van der Waals surface area contributed by atoms with Gasteiger partial charge in [0.25, 0.3) is 0 Å². The number of primary sulfonamides is 1. The molecule has 2 rings (SSSR count). The van der Waals surface area contributed by atoms with Crippen molar-refractivity contribution >= 4 is 33.0 Å². The standard InChI is InChI=1S/C15H18N2O4S2/c1-21-13-8-7-11(10-14(13)23(16,19)20)17-15(18)6-2-4-12-5-3-9-22-12/h3,5,7-10H,2,4,6H2,1H3,(H,17,18)(H2,16,19,20). The maximum absolute atomic E-state index is 11.9. The Morgan fingerprint density at radius 1 is 1.35 bits per heavy atom. The molecular formula is C15H18N2O4S2. The third kappa shape index (κ3) is 5.05. The fraction of sp³-hybridized carbons (Fsp3) is 0.267. The number of nitrogens with two attached hydrogens (primary N) is 1. The van der Waals surface area contributed by atoms with E-state index in [0.717, 1.165) is 12.8 Å². The number of aryl methyl sites for hydroxylation is 1. The molecule has 124 valence electrons. The number of carbonyl (C=O) groups is 1. The van der Waals surface area contributed by atoms with E-state index in [9.17, 15) is 13.2 Å². The highest BCUT2D eigenvalue weighted by molar-refractivity contribution is 7.89. The highest BCUT2D eigenvalue weighted by Crippen LogP contribution is 2.26. The van der Waals surface area contributed by atoms with Crippen LogP contribution in [-0.4, -0.2) is 21.4 Å². The number of carbonyl (C=O) groups excluding carboxylic acids is 1. The second kappa shape index (κ2) is 7.58. The van der Waals surface area contributed by atoms with Gasteiger partial charge in [0, 0.05) is 17.0 Å². The number of amides is 1. The molecule has 0 aliphatic carbocycles. The average molecular weight is 354 g/mol. The predicted octanol–water partition coefficient (Wildman–Crippen LogP) is 2.37. The van der Waals surface area contributed by atoms with Gasteiger partial charge in [-0.15, -0.1) is 11.3 Å². The molecule has 0 unspecified atom stereocenters. The molecule has 0 saturated carbocycles. The lowest BCUT2D eigenvalue weighted by Crippen LogP contribution is -2.15. The molecule has 8 heteroatoms. The Bertz CT molecular complexity index is 771. The van der Waals surface area contributed by atoms with Crippen LogP contribution in [0.3, 0.4) is 0 Å². The van der Waals surface area contributed by atoms with Gasteiger partial charge in [0.15, 0.2) is 0 Å². The summed E-state index contributed by atoms with van der Waals surface area (Å²) < 4.78 is 28.0. The van der Waals surface area contributed by atoms with Gasteiger partial charge in [-0.25, -0.2) is 13.6 Å². The zero-order chi connectivity index (χ0) is 16.9. The van der Waals surface area contributed by atoms with E-state index in [1.807, 2.05) is 17.5 Å². The summed E-state index contributed by atoms with van der Waals surface area (Å²) in [5, 5.41) is 9.82. The summed E-state index contributed by atoms with van der Waals surface area (Å²) in [6, 6.07) is 8.34. The van der Waals surface area contributed by atoms with E-state index >= 15 is 0 Å². The van der Waals surface area contributed by atoms with E-state index in [2.05, 4.69) is 5.32 Å². The van der Waals surface area contributed by atoms with E-state index in [0.29, 0.717) is 12.1 Å². The van der Waals surface area contributed by atoms with E-state index in [1.165, 1.54) is 24.1 Å². The first-order chi connectivity index (χ1) is 10.9. The van der Waals surface area contributed by atoms with Crippen molar-refractivity contribution in [3.63, 3.8) is 0 Å². The van der Waals surface area contributed by atoms with Crippen LogP contribution >= 0.6 is 11.3 Å². The third-order valence-corrected chi connectivity index (χ3v) is 5.03. The molecule has 0 spiro atoms. The fourth-order valence-corrected chi connectivity index (χ4v) is 3.55. The van der Waals surface area contributed by atoms with E-state index in [4.69, 9.17) is 9.88 Å². The highest BCUT2D eigenvalue weighted by atomic mass is 32.2. The van der Waals surface area contributed by atoms with Gasteiger partial charge in [0.05, 0.1) is 7.11 Å². The number of anilines is 1. The molecular weight excluding hydrogens is 336 g/mol. The second-order valence-corrected chi connectivity index (χ2v) is 7.45. The minimum atomic E-state index is -3.93. The average Bonchev–Trinajstić information content (AvgIpc) is 2.99. The van der Waals surface area contributed by atoms with Crippen LogP contribution in [0.25, 0.3) is 0 Å². The Labute approximate surface area is 139 Å². The number of sulfonamides is 1. The molecule has 2 aromatic rings. The first kappa shape index (κ1) is 17.5. The molecule has 0 saturated heterocycles. The van der Waals surface area contributed by atoms with E-state index < -0.39 is 10.0 Å². The van der Waals surface area contributed by atoms with Crippen molar-refractivity contribution in [1.82, 2.24) is 0 Å². The lowest BCUT2D eigenvalue weighted by molar-refractivity contribution is -0.116. The van der Waals surface area contributed by atoms with Crippen LogP contribution in [0, 0.1) is 0 Å². The quantitative estimate of drug-likeness (QED) is 0.797. The SMILES string of the molecule is COc1ccc(NC(=O)CCCc2cccs2)cc1S(N)(=O)=O. The van der Waals surface area contributed by atoms with Crippen molar-refractivity contribution in [3.05, 3.63) is 40.6 Å². The van der Waals surface area contributed by atoms with Crippen LogP contribution < -0.4 is 15.2 Å². The normalized spacial score (nSPS) is 11.2.